The molecule has 0 radical (unpaired) electrons. The average molecular weight is 153 g/mol. The fourth-order valence-corrected chi connectivity index (χ4v) is 1.97. The molecule has 0 bridgehead atoms. The van der Waals surface area contributed by atoms with E-state index in [9.17, 15) is 4.79 Å². The lowest BCUT2D eigenvalue weighted by molar-refractivity contribution is -0.130. The maximum absolute atomic E-state index is 11.0. The zero-order valence-corrected chi connectivity index (χ0v) is 7.10. The molecule has 1 aliphatic heterocycles. The summed E-state index contributed by atoms with van der Waals surface area (Å²) in [6.07, 6.45) is 5.34. The number of rotatable bonds is 0. The number of likely N-dealkylation sites (tertiary alicyclic amines) is 1. The first-order chi connectivity index (χ1) is 5.22. The van der Waals surface area contributed by atoms with Gasteiger partial charge in [-0.25, -0.2) is 0 Å². The highest BCUT2D eigenvalue weighted by Crippen LogP contribution is 2.53. The van der Waals surface area contributed by atoms with Crippen LogP contribution >= 0.6 is 0 Å². The molecule has 1 saturated heterocycles. The van der Waals surface area contributed by atoms with E-state index in [-0.39, 0.29) is 5.91 Å². The van der Waals surface area contributed by atoms with Gasteiger partial charge in [0.05, 0.1) is 0 Å². The van der Waals surface area contributed by atoms with Gasteiger partial charge in [0.2, 0.25) is 5.91 Å². The molecule has 0 aromatic heterocycles. The van der Waals surface area contributed by atoms with Crippen molar-refractivity contribution in [1.29, 1.82) is 0 Å². The Morgan fingerprint density at radius 2 is 1.73 bits per heavy atom. The minimum absolute atomic E-state index is 0.250. The topological polar surface area (TPSA) is 20.3 Å². The second-order valence-corrected chi connectivity index (χ2v) is 4.01. The van der Waals surface area contributed by atoms with Gasteiger partial charge in [0.25, 0.3) is 0 Å². The van der Waals surface area contributed by atoms with Crippen molar-refractivity contribution < 1.29 is 4.79 Å². The van der Waals surface area contributed by atoms with E-state index in [0.717, 1.165) is 13.1 Å². The fourth-order valence-electron chi connectivity index (χ4n) is 1.97. The highest BCUT2D eigenvalue weighted by Gasteiger charge is 2.44. The maximum Gasteiger partial charge on any atom is 0.219 e. The lowest BCUT2D eigenvalue weighted by Gasteiger charge is -2.31. The lowest BCUT2D eigenvalue weighted by Crippen LogP contribution is -2.37. The van der Waals surface area contributed by atoms with E-state index in [1.54, 1.807) is 6.92 Å². The highest BCUT2D eigenvalue weighted by molar-refractivity contribution is 5.73. The van der Waals surface area contributed by atoms with E-state index in [0.29, 0.717) is 5.41 Å². The van der Waals surface area contributed by atoms with E-state index in [4.69, 9.17) is 0 Å². The van der Waals surface area contributed by atoms with Crippen LogP contribution in [0, 0.1) is 5.41 Å². The van der Waals surface area contributed by atoms with Crippen molar-refractivity contribution >= 4 is 5.91 Å². The van der Waals surface area contributed by atoms with Gasteiger partial charge in [-0.15, -0.1) is 0 Å². The monoisotopic (exact) mass is 153 g/mol. The van der Waals surface area contributed by atoms with Gasteiger partial charge in [-0.1, -0.05) is 0 Å². The first-order valence-electron chi connectivity index (χ1n) is 4.47. The second-order valence-electron chi connectivity index (χ2n) is 4.01. The van der Waals surface area contributed by atoms with Gasteiger partial charge in [0, 0.05) is 20.0 Å². The van der Waals surface area contributed by atoms with Gasteiger partial charge in [0.15, 0.2) is 0 Å². The van der Waals surface area contributed by atoms with Gasteiger partial charge in [0.1, 0.15) is 0 Å². The molecular weight excluding hydrogens is 138 g/mol. The van der Waals surface area contributed by atoms with Gasteiger partial charge in [-0.2, -0.15) is 0 Å². The minimum atomic E-state index is 0.250. The molecule has 11 heavy (non-hydrogen) atoms. The van der Waals surface area contributed by atoms with Crippen LogP contribution in [0.1, 0.15) is 32.6 Å². The van der Waals surface area contributed by atoms with E-state index in [1.807, 2.05) is 4.90 Å². The number of amides is 1. The summed E-state index contributed by atoms with van der Waals surface area (Å²) in [5, 5.41) is 0. The Morgan fingerprint density at radius 1 is 1.18 bits per heavy atom. The van der Waals surface area contributed by atoms with Crippen LogP contribution in [-0.2, 0) is 4.79 Å². The van der Waals surface area contributed by atoms with E-state index >= 15 is 0 Å². The Morgan fingerprint density at radius 3 is 2.09 bits per heavy atom. The van der Waals surface area contributed by atoms with E-state index < -0.39 is 0 Å². The smallest absolute Gasteiger partial charge is 0.219 e. The summed E-state index contributed by atoms with van der Waals surface area (Å²) in [7, 11) is 0. The zero-order chi connectivity index (χ0) is 7.90. The Bertz CT molecular complexity index is 174. The van der Waals surface area contributed by atoms with Crippen LogP contribution in [-0.4, -0.2) is 23.9 Å². The molecule has 0 N–H and O–H groups in total. The summed E-state index contributed by atoms with van der Waals surface area (Å²) in [6.45, 7) is 3.69. The summed E-state index contributed by atoms with van der Waals surface area (Å²) < 4.78 is 0. The molecule has 1 heterocycles. The molecule has 2 fully saturated rings. The summed E-state index contributed by atoms with van der Waals surface area (Å²) in [4.78, 5) is 12.9. The third-order valence-electron chi connectivity index (χ3n) is 3.23. The number of hydrogen-bond acceptors (Lipinski definition) is 1. The first kappa shape index (κ1) is 7.14. The van der Waals surface area contributed by atoms with Crippen LogP contribution in [0.5, 0.6) is 0 Å². The summed E-state index contributed by atoms with van der Waals surface area (Å²) in [5.41, 5.74) is 0.700. The van der Waals surface area contributed by atoms with Gasteiger partial charge < -0.3 is 4.90 Å². The van der Waals surface area contributed by atoms with Crippen molar-refractivity contribution in [2.45, 2.75) is 32.6 Å². The number of piperidine rings is 1. The molecule has 2 rings (SSSR count). The number of carbonyl (C=O) groups excluding carboxylic acids is 1. The van der Waals surface area contributed by atoms with Crippen molar-refractivity contribution in [1.82, 2.24) is 4.90 Å². The molecule has 0 unspecified atom stereocenters. The number of carbonyl (C=O) groups is 1. The predicted molar refractivity (Wildman–Crippen MR) is 43.2 cm³/mol. The van der Waals surface area contributed by atoms with Crippen LogP contribution < -0.4 is 0 Å². The molecule has 2 heteroatoms. The van der Waals surface area contributed by atoms with E-state index in [1.165, 1.54) is 25.7 Å². The number of nitrogens with zero attached hydrogens (tertiary/aromatic N) is 1. The molecule has 2 nitrogen and oxygen atoms in total. The molecule has 62 valence electrons. The third-order valence-corrected chi connectivity index (χ3v) is 3.23. The van der Waals surface area contributed by atoms with Crippen LogP contribution in [0.2, 0.25) is 0 Å². The molecule has 1 saturated carbocycles. The molecule has 1 amide bonds. The van der Waals surface area contributed by atoms with Crippen LogP contribution in [0.3, 0.4) is 0 Å². The zero-order valence-electron chi connectivity index (χ0n) is 7.10. The van der Waals surface area contributed by atoms with Crippen molar-refractivity contribution in [3.05, 3.63) is 0 Å². The molecule has 0 aromatic carbocycles. The summed E-state index contributed by atoms with van der Waals surface area (Å²) >= 11 is 0. The lowest BCUT2D eigenvalue weighted by atomic mass is 9.94. The highest BCUT2D eigenvalue weighted by atomic mass is 16.2. The Hall–Kier alpha value is -0.530. The number of hydrogen-bond donors (Lipinski definition) is 0. The van der Waals surface area contributed by atoms with Gasteiger partial charge in [-0.05, 0) is 31.1 Å². The average Bonchev–Trinajstić information content (AvgIpc) is 2.70. The normalized spacial score (nSPS) is 27.2. The molecule has 1 aliphatic carbocycles. The second kappa shape index (κ2) is 2.23. The molecule has 0 atom stereocenters. The Balaban J connectivity index is 1.89. The van der Waals surface area contributed by atoms with Crippen LogP contribution in [0.25, 0.3) is 0 Å². The van der Waals surface area contributed by atoms with Crippen LogP contribution in [0.4, 0.5) is 0 Å². The summed E-state index contributed by atoms with van der Waals surface area (Å²) in [5.74, 6) is 0.250. The predicted octanol–water partition coefficient (Wildman–Crippen LogP) is 1.41. The fraction of sp³-hybridized carbons (Fsp3) is 0.889. The SMILES string of the molecule is CC(=O)N1CCC2(CC1)CC2. The maximum atomic E-state index is 11.0. The Labute approximate surface area is 67.6 Å². The summed E-state index contributed by atoms with van der Waals surface area (Å²) in [6, 6.07) is 0. The van der Waals surface area contributed by atoms with Crippen molar-refractivity contribution in [3.8, 4) is 0 Å². The van der Waals surface area contributed by atoms with Crippen molar-refractivity contribution in [2.24, 2.45) is 5.41 Å². The van der Waals surface area contributed by atoms with Gasteiger partial charge in [-0.3, -0.25) is 4.79 Å². The van der Waals surface area contributed by atoms with Crippen molar-refractivity contribution in [2.75, 3.05) is 13.1 Å². The molecule has 0 aromatic rings. The first-order valence-corrected chi connectivity index (χ1v) is 4.47. The minimum Gasteiger partial charge on any atom is -0.343 e. The Kier molecular flexibility index (Phi) is 1.44. The standard InChI is InChI=1S/C9H15NO/c1-8(11)10-6-4-9(2-3-9)5-7-10/h2-7H2,1H3. The van der Waals surface area contributed by atoms with Gasteiger partial charge >= 0.3 is 0 Å². The largest absolute Gasteiger partial charge is 0.343 e. The molecule has 2 aliphatic rings. The third kappa shape index (κ3) is 1.26. The van der Waals surface area contributed by atoms with E-state index in [2.05, 4.69) is 0 Å². The molecule has 1 spiro atoms. The quantitative estimate of drug-likeness (QED) is 0.515. The van der Waals surface area contributed by atoms with Crippen molar-refractivity contribution in [3.63, 3.8) is 0 Å². The molecular formula is C9H15NO. The van der Waals surface area contributed by atoms with Crippen LogP contribution in [0.15, 0.2) is 0 Å².